The zero-order valence-electron chi connectivity index (χ0n) is 26.6. The first-order valence-corrected chi connectivity index (χ1v) is 16.8. The average molecular weight is 595 g/mol. The Labute approximate surface area is 256 Å². The molecule has 3 amide bonds. The fourth-order valence-electron chi connectivity index (χ4n) is 9.48. The molecule has 0 aromatic heterocycles. The number of rotatable bonds is 7. The molecule has 3 bridgehead atoms. The van der Waals surface area contributed by atoms with Crippen LogP contribution < -0.4 is 10.6 Å². The summed E-state index contributed by atoms with van der Waals surface area (Å²) in [6, 6.07) is 5.51. The Morgan fingerprint density at radius 1 is 1.00 bits per heavy atom. The number of halogens is 1. The summed E-state index contributed by atoms with van der Waals surface area (Å²) in [5.41, 5.74) is -0.0326. The molecule has 2 N–H and O–H groups in total. The molecule has 8 heteroatoms. The molecule has 1 aromatic carbocycles. The maximum absolute atomic E-state index is 14.2. The Morgan fingerprint density at radius 3 is 2.23 bits per heavy atom. The van der Waals surface area contributed by atoms with Crippen LogP contribution in [0.4, 0.5) is 4.39 Å². The summed E-state index contributed by atoms with van der Waals surface area (Å²) in [7, 11) is 2.14. The van der Waals surface area contributed by atoms with E-state index in [1.165, 1.54) is 18.6 Å². The summed E-state index contributed by atoms with van der Waals surface area (Å²) < 4.78 is 13.7. The van der Waals surface area contributed by atoms with E-state index in [0.717, 1.165) is 63.0 Å². The molecule has 7 nitrogen and oxygen atoms in total. The largest absolute Gasteiger partial charge is 0.351 e. The highest BCUT2D eigenvalue weighted by Gasteiger charge is 2.65. The Morgan fingerprint density at radius 2 is 1.65 bits per heavy atom. The van der Waals surface area contributed by atoms with E-state index in [0.29, 0.717) is 44.2 Å². The number of benzene rings is 1. The molecule has 4 heterocycles. The van der Waals surface area contributed by atoms with E-state index in [2.05, 4.69) is 22.6 Å². The van der Waals surface area contributed by atoms with Crippen molar-refractivity contribution >= 4 is 17.7 Å². The second-order valence-corrected chi connectivity index (χ2v) is 15.6. The standard InChI is InChI=1S/C35H51FN4O3/c1-33(2,3)38-32(43)34(26-8-6-5-7-9-26)14-16-40(17-15-34)31(42)29(18-23-10-12-27(36)13-11-23)37-30(41)28-19-24-22-39(4)35(28)20-25(24)21-35/h10-13,24-26,28-29H,5-9,14-22H2,1-4H3,(H,37,41)(H,38,43)/t24-,25?,28?,29-,35?/m1/s1. The van der Waals surface area contributed by atoms with Crippen molar-refractivity contribution in [2.45, 2.75) is 109 Å². The molecular formula is C35H51FN4O3. The lowest BCUT2D eigenvalue weighted by Crippen LogP contribution is -2.75. The number of piperidine rings is 4. The molecule has 8 aliphatic rings. The lowest BCUT2D eigenvalue weighted by atomic mass is 9.46. The molecule has 43 heavy (non-hydrogen) atoms. The molecule has 1 aromatic rings. The van der Waals surface area contributed by atoms with Crippen LogP contribution in [0.1, 0.15) is 90.5 Å². The predicted molar refractivity (Wildman–Crippen MR) is 164 cm³/mol. The quantitative estimate of drug-likeness (QED) is 0.480. The molecule has 8 fully saturated rings. The molecule has 1 spiro atoms. The number of nitrogens with one attached hydrogen (secondary N) is 2. The monoisotopic (exact) mass is 594 g/mol. The fraction of sp³-hybridized carbons (Fsp3) is 0.743. The van der Waals surface area contributed by atoms with E-state index >= 15 is 0 Å². The summed E-state index contributed by atoms with van der Waals surface area (Å²) in [5, 5.41) is 6.49. The number of carbonyl (C=O) groups excluding carboxylic acids is 3. The number of nitrogens with zero attached hydrogens (tertiary/aromatic N) is 2. The van der Waals surface area contributed by atoms with Gasteiger partial charge in [0, 0.05) is 37.1 Å². The highest BCUT2D eigenvalue weighted by Crippen LogP contribution is 2.62. The van der Waals surface area contributed by atoms with Gasteiger partial charge in [-0.25, -0.2) is 4.39 Å². The normalized spacial score (nSPS) is 31.2. The van der Waals surface area contributed by atoms with Crippen LogP contribution in [0.25, 0.3) is 0 Å². The second-order valence-electron chi connectivity index (χ2n) is 15.6. The van der Waals surface area contributed by atoms with E-state index in [4.69, 9.17) is 0 Å². The topological polar surface area (TPSA) is 81.8 Å². The van der Waals surface area contributed by atoms with Crippen molar-refractivity contribution in [3.05, 3.63) is 35.6 Å². The van der Waals surface area contributed by atoms with E-state index in [1.807, 2.05) is 25.7 Å². The van der Waals surface area contributed by atoms with Crippen LogP contribution >= 0.6 is 0 Å². The van der Waals surface area contributed by atoms with E-state index in [1.54, 1.807) is 12.1 Å². The number of hydrogen-bond acceptors (Lipinski definition) is 4. The van der Waals surface area contributed by atoms with Crippen LogP contribution in [-0.2, 0) is 20.8 Å². The van der Waals surface area contributed by atoms with Gasteiger partial charge in [0.25, 0.3) is 0 Å². The third kappa shape index (κ3) is 5.73. The van der Waals surface area contributed by atoms with Crippen molar-refractivity contribution in [3.8, 4) is 0 Å². The number of hydrogen-bond donors (Lipinski definition) is 2. The first-order valence-electron chi connectivity index (χ1n) is 16.8. The van der Waals surface area contributed by atoms with E-state index in [-0.39, 0.29) is 40.5 Å². The Bertz CT molecular complexity index is 1210. The molecule has 4 aliphatic heterocycles. The number of amides is 3. The van der Waals surface area contributed by atoms with Gasteiger partial charge in [-0.15, -0.1) is 0 Å². The van der Waals surface area contributed by atoms with Gasteiger partial charge in [-0.2, -0.15) is 0 Å². The zero-order chi connectivity index (χ0) is 30.6. The van der Waals surface area contributed by atoms with Crippen molar-refractivity contribution in [1.82, 2.24) is 20.4 Å². The second kappa shape index (κ2) is 11.5. The predicted octanol–water partition coefficient (Wildman–Crippen LogP) is 4.69. The summed E-state index contributed by atoms with van der Waals surface area (Å²) in [4.78, 5) is 46.2. The molecule has 9 rings (SSSR count). The molecule has 4 saturated carbocycles. The lowest BCUT2D eigenvalue weighted by molar-refractivity contribution is -0.193. The SMILES string of the molecule is CN1C[C@H]2CC(C(=O)N[C@H](Cc3ccc(F)cc3)C(=O)N3CCC(C(=O)NC(C)(C)C)(C4CCCCC4)CC3)C13CC2C3. The zero-order valence-corrected chi connectivity index (χ0v) is 26.6. The first kappa shape index (κ1) is 30.5. The van der Waals surface area contributed by atoms with E-state index in [9.17, 15) is 18.8 Å². The van der Waals surface area contributed by atoms with Crippen LogP contribution in [0.5, 0.6) is 0 Å². The fourth-order valence-corrected chi connectivity index (χ4v) is 9.48. The Balaban J connectivity index is 1.19. The van der Waals surface area contributed by atoms with Crippen LogP contribution in [0.3, 0.4) is 0 Å². The number of likely N-dealkylation sites (tertiary alicyclic amines) is 1. The molecule has 3 atom stereocenters. The maximum Gasteiger partial charge on any atom is 0.245 e. The van der Waals surface area contributed by atoms with Crippen LogP contribution in [0.15, 0.2) is 24.3 Å². The van der Waals surface area contributed by atoms with Gasteiger partial charge in [0.05, 0.1) is 11.3 Å². The third-order valence-corrected chi connectivity index (χ3v) is 11.9. The Hall–Kier alpha value is -2.48. The Kier molecular flexibility index (Phi) is 8.14. The summed E-state index contributed by atoms with van der Waals surface area (Å²) in [6.45, 7) is 8.15. The van der Waals surface area contributed by atoms with Gasteiger partial charge < -0.3 is 15.5 Å². The number of carbonyl (C=O) groups is 3. The molecule has 4 aliphatic carbocycles. The minimum atomic E-state index is -0.721. The minimum Gasteiger partial charge on any atom is -0.351 e. The van der Waals surface area contributed by atoms with Crippen molar-refractivity contribution in [3.63, 3.8) is 0 Å². The van der Waals surface area contributed by atoms with Crippen molar-refractivity contribution in [2.24, 2.45) is 29.1 Å². The van der Waals surface area contributed by atoms with Crippen LogP contribution in [0, 0.1) is 34.9 Å². The molecule has 1 unspecified atom stereocenters. The molecule has 0 radical (unpaired) electrons. The van der Waals surface area contributed by atoms with Crippen molar-refractivity contribution in [2.75, 3.05) is 26.7 Å². The highest BCUT2D eigenvalue weighted by atomic mass is 19.1. The van der Waals surface area contributed by atoms with Crippen molar-refractivity contribution in [1.29, 1.82) is 0 Å². The average Bonchev–Trinajstić information content (AvgIpc) is 2.96. The summed E-state index contributed by atoms with van der Waals surface area (Å²) in [5.74, 6) is 1.22. The van der Waals surface area contributed by atoms with Crippen LogP contribution in [-0.4, -0.2) is 71.3 Å². The van der Waals surface area contributed by atoms with E-state index < -0.39 is 11.5 Å². The van der Waals surface area contributed by atoms with Gasteiger partial charge in [0.15, 0.2) is 0 Å². The first-order chi connectivity index (χ1) is 20.4. The summed E-state index contributed by atoms with van der Waals surface area (Å²) >= 11 is 0. The molecule has 236 valence electrons. The van der Waals surface area contributed by atoms with Gasteiger partial charge in [0.1, 0.15) is 11.9 Å². The van der Waals surface area contributed by atoms with Gasteiger partial charge in [-0.3, -0.25) is 19.3 Å². The van der Waals surface area contributed by atoms with Crippen LogP contribution in [0.2, 0.25) is 0 Å². The van der Waals surface area contributed by atoms with Crippen molar-refractivity contribution < 1.29 is 18.8 Å². The maximum atomic E-state index is 14.2. The smallest absolute Gasteiger partial charge is 0.245 e. The molecular weight excluding hydrogens is 543 g/mol. The van der Waals surface area contributed by atoms with Gasteiger partial charge in [-0.1, -0.05) is 31.4 Å². The summed E-state index contributed by atoms with van der Waals surface area (Å²) in [6.07, 6.45) is 10.3. The van der Waals surface area contributed by atoms with Gasteiger partial charge in [0.2, 0.25) is 17.7 Å². The lowest BCUT2D eigenvalue weighted by Gasteiger charge is -2.69. The van der Waals surface area contributed by atoms with Gasteiger partial charge >= 0.3 is 0 Å². The third-order valence-electron chi connectivity index (χ3n) is 11.9. The van der Waals surface area contributed by atoms with Gasteiger partial charge in [-0.05, 0) is 108 Å². The molecule has 4 saturated heterocycles. The minimum absolute atomic E-state index is 0.0201. The highest BCUT2D eigenvalue weighted by molar-refractivity contribution is 5.90.